The number of nitrogens with zero attached hydrogens (tertiary/aromatic N) is 3. The summed E-state index contributed by atoms with van der Waals surface area (Å²) in [6.07, 6.45) is 1.79. The van der Waals surface area contributed by atoms with E-state index in [2.05, 4.69) is 26.6 Å². The number of rotatable bonds is 4. The van der Waals surface area contributed by atoms with Crippen molar-refractivity contribution in [3.05, 3.63) is 72.4 Å². The Hall–Kier alpha value is -3.01. The van der Waals surface area contributed by atoms with Gasteiger partial charge in [0.1, 0.15) is 0 Å². The number of pyridine rings is 1. The molecule has 1 heterocycles. The monoisotopic (exact) mass is 302 g/mol. The van der Waals surface area contributed by atoms with Crippen molar-refractivity contribution in [2.75, 3.05) is 12.4 Å². The van der Waals surface area contributed by atoms with Gasteiger partial charge < -0.3 is 5.32 Å². The molecular formula is C19H18N4. The fourth-order valence-corrected chi connectivity index (χ4v) is 2.27. The van der Waals surface area contributed by atoms with Crippen LogP contribution in [0.4, 0.5) is 17.1 Å². The van der Waals surface area contributed by atoms with Crippen molar-refractivity contribution >= 4 is 17.1 Å². The molecule has 3 rings (SSSR count). The lowest BCUT2D eigenvalue weighted by Gasteiger charge is -2.03. The van der Waals surface area contributed by atoms with E-state index in [9.17, 15) is 0 Å². The van der Waals surface area contributed by atoms with E-state index >= 15 is 0 Å². The van der Waals surface area contributed by atoms with Crippen LogP contribution in [0.1, 0.15) is 5.56 Å². The van der Waals surface area contributed by atoms with Gasteiger partial charge >= 0.3 is 0 Å². The molecule has 0 unspecified atom stereocenters. The molecule has 0 fully saturated rings. The molecular weight excluding hydrogens is 284 g/mol. The first-order chi connectivity index (χ1) is 11.3. The van der Waals surface area contributed by atoms with E-state index in [-0.39, 0.29) is 0 Å². The van der Waals surface area contributed by atoms with Crippen LogP contribution in [0, 0.1) is 6.92 Å². The topological polar surface area (TPSA) is 49.6 Å². The predicted molar refractivity (Wildman–Crippen MR) is 94.6 cm³/mol. The second-order valence-electron chi connectivity index (χ2n) is 5.21. The molecule has 23 heavy (non-hydrogen) atoms. The first-order valence-electron chi connectivity index (χ1n) is 7.48. The first-order valence-corrected chi connectivity index (χ1v) is 7.48. The summed E-state index contributed by atoms with van der Waals surface area (Å²) < 4.78 is 0. The number of benzene rings is 2. The van der Waals surface area contributed by atoms with E-state index in [4.69, 9.17) is 0 Å². The van der Waals surface area contributed by atoms with E-state index in [0.29, 0.717) is 0 Å². The SMILES string of the molecule is CNc1ccc(N=Nc2ccc(-c3ccccn3)cc2)c(C)c1. The summed E-state index contributed by atoms with van der Waals surface area (Å²) in [7, 11) is 1.90. The Labute approximate surface area is 135 Å². The maximum absolute atomic E-state index is 4.34. The smallest absolute Gasteiger partial charge is 0.0887 e. The molecule has 0 amide bonds. The van der Waals surface area contributed by atoms with Crippen molar-refractivity contribution in [1.29, 1.82) is 0 Å². The standard InChI is InChI=1S/C19H18N4/c1-14-13-17(20-2)10-11-18(14)23-22-16-8-6-15(7-9-16)19-5-3-4-12-21-19/h3-13,20H,1-2H3. The van der Waals surface area contributed by atoms with Gasteiger partial charge in [-0.2, -0.15) is 10.2 Å². The van der Waals surface area contributed by atoms with Gasteiger partial charge in [-0.3, -0.25) is 4.98 Å². The zero-order chi connectivity index (χ0) is 16.1. The molecule has 0 radical (unpaired) electrons. The van der Waals surface area contributed by atoms with Gasteiger partial charge in [-0.1, -0.05) is 18.2 Å². The Bertz CT molecular complexity index is 809. The summed E-state index contributed by atoms with van der Waals surface area (Å²) >= 11 is 0. The van der Waals surface area contributed by atoms with Crippen LogP contribution in [-0.4, -0.2) is 12.0 Å². The molecule has 4 heteroatoms. The molecule has 0 saturated heterocycles. The zero-order valence-electron chi connectivity index (χ0n) is 13.2. The van der Waals surface area contributed by atoms with E-state index in [1.807, 2.05) is 68.6 Å². The molecule has 114 valence electrons. The highest BCUT2D eigenvalue weighted by Crippen LogP contribution is 2.26. The average molecular weight is 302 g/mol. The average Bonchev–Trinajstić information content (AvgIpc) is 2.62. The second-order valence-corrected chi connectivity index (χ2v) is 5.21. The Morgan fingerprint density at radius 2 is 1.74 bits per heavy atom. The number of aryl methyl sites for hydroxylation is 1. The Morgan fingerprint density at radius 1 is 0.913 bits per heavy atom. The molecule has 0 atom stereocenters. The minimum atomic E-state index is 0.821. The number of hydrogen-bond donors (Lipinski definition) is 1. The van der Waals surface area contributed by atoms with Crippen molar-refractivity contribution in [1.82, 2.24) is 4.98 Å². The Morgan fingerprint density at radius 3 is 2.39 bits per heavy atom. The van der Waals surface area contributed by atoms with Gasteiger partial charge in [0, 0.05) is 24.5 Å². The third-order valence-electron chi connectivity index (χ3n) is 3.59. The zero-order valence-corrected chi connectivity index (χ0v) is 13.2. The third kappa shape index (κ3) is 3.61. The van der Waals surface area contributed by atoms with Crippen molar-refractivity contribution in [2.24, 2.45) is 10.2 Å². The highest BCUT2D eigenvalue weighted by atomic mass is 15.1. The predicted octanol–water partition coefficient (Wildman–Crippen LogP) is 5.51. The number of nitrogens with one attached hydrogen (secondary N) is 1. The van der Waals surface area contributed by atoms with Gasteiger partial charge in [-0.25, -0.2) is 0 Å². The summed E-state index contributed by atoms with van der Waals surface area (Å²) in [6.45, 7) is 2.03. The van der Waals surface area contributed by atoms with Crippen LogP contribution in [0.25, 0.3) is 11.3 Å². The molecule has 0 aliphatic heterocycles. The van der Waals surface area contributed by atoms with E-state index < -0.39 is 0 Å². The van der Waals surface area contributed by atoms with Crippen LogP contribution >= 0.6 is 0 Å². The minimum absolute atomic E-state index is 0.821. The molecule has 1 aromatic heterocycles. The summed E-state index contributed by atoms with van der Waals surface area (Å²) in [6, 6.07) is 19.8. The van der Waals surface area contributed by atoms with Crippen molar-refractivity contribution < 1.29 is 0 Å². The lowest BCUT2D eigenvalue weighted by Crippen LogP contribution is -1.87. The van der Waals surface area contributed by atoms with E-state index in [1.165, 1.54) is 0 Å². The van der Waals surface area contributed by atoms with Crippen LogP contribution < -0.4 is 5.32 Å². The highest BCUT2D eigenvalue weighted by Gasteiger charge is 2.00. The largest absolute Gasteiger partial charge is 0.388 e. The van der Waals surface area contributed by atoms with Gasteiger partial charge in [0.05, 0.1) is 17.1 Å². The summed E-state index contributed by atoms with van der Waals surface area (Å²) in [5, 5.41) is 11.8. The van der Waals surface area contributed by atoms with Gasteiger partial charge in [0.15, 0.2) is 0 Å². The molecule has 0 spiro atoms. The Kier molecular flexibility index (Phi) is 4.43. The number of anilines is 1. The second kappa shape index (κ2) is 6.83. The van der Waals surface area contributed by atoms with E-state index in [1.54, 1.807) is 6.20 Å². The maximum atomic E-state index is 4.34. The van der Waals surface area contributed by atoms with Crippen LogP contribution in [0.3, 0.4) is 0 Å². The van der Waals surface area contributed by atoms with Crippen LogP contribution in [-0.2, 0) is 0 Å². The minimum Gasteiger partial charge on any atom is -0.388 e. The van der Waals surface area contributed by atoms with Crippen LogP contribution in [0.5, 0.6) is 0 Å². The lowest BCUT2D eigenvalue weighted by molar-refractivity contribution is 1.21. The molecule has 0 bridgehead atoms. The summed E-state index contributed by atoms with van der Waals surface area (Å²) in [4.78, 5) is 4.34. The fraction of sp³-hybridized carbons (Fsp3) is 0.105. The molecule has 3 aromatic rings. The number of azo groups is 1. The first kappa shape index (κ1) is 14.9. The third-order valence-corrected chi connectivity index (χ3v) is 3.59. The van der Waals surface area contributed by atoms with Crippen LogP contribution in [0.15, 0.2) is 77.1 Å². The maximum Gasteiger partial charge on any atom is 0.0887 e. The lowest BCUT2D eigenvalue weighted by atomic mass is 10.1. The Balaban J connectivity index is 1.78. The van der Waals surface area contributed by atoms with Gasteiger partial charge in [0.25, 0.3) is 0 Å². The van der Waals surface area contributed by atoms with Crippen molar-refractivity contribution in [3.8, 4) is 11.3 Å². The molecule has 0 saturated carbocycles. The van der Waals surface area contributed by atoms with Crippen molar-refractivity contribution in [3.63, 3.8) is 0 Å². The number of hydrogen-bond acceptors (Lipinski definition) is 4. The van der Waals surface area contributed by atoms with Crippen molar-refractivity contribution in [2.45, 2.75) is 6.92 Å². The summed E-state index contributed by atoms with van der Waals surface area (Å²) in [5.41, 5.74) is 5.88. The molecule has 0 aliphatic carbocycles. The fourth-order valence-electron chi connectivity index (χ4n) is 2.27. The highest BCUT2D eigenvalue weighted by molar-refractivity contribution is 5.61. The molecule has 2 aromatic carbocycles. The van der Waals surface area contributed by atoms with Gasteiger partial charge in [0.2, 0.25) is 0 Å². The van der Waals surface area contributed by atoms with Gasteiger partial charge in [-0.15, -0.1) is 0 Å². The molecule has 4 nitrogen and oxygen atoms in total. The number of aromatic nitrogens is 1. The normalized spacial score (nSPS) is 10.9. The van der Waals surface area contributed by atoms with Crippen LogP contribution in [0.2, 0.25) is 0 Å². The quantitative estimate of drug-likeness (QED) is 0.646. The molecule has 0 aliphatic rings. The molecule has 1 N–H and O–H groups in total. The van der Waals surface area contributed by atoms with E-state index in [0.717, 1.165) is 33.9 Å². The summed E-state index contributed by atoms with van der Waals surface area (Å²) in [5.74, 6) is 0. The van der Waals surface area contributed by atoms with Gasteiger partial charge in [-0.05, 0) is 55.0 Å².